The SMILES string of the molecule is BC1(C2=C[C@]3(CCC(=C)C3)CC2)CC=C(CC)C1. The molecule has 1 spiro atoms. The summed E-state index contributed by atoms with van der Waals surface area (Å²) in [6, 6.07) is 0. The van der Waals surface area contributed by atoms with Crippen molar-refractivity contribution >= 4 is 7.85 Å². The van der Waals surface area contributed by atoms with E-state index < -0.39 is 0 Å². The zero-order valence-electron chi connectivity index (χ0n) is 12.0. The molecule has 3 aliphatic carbocycles. The van der Waals surface area contributed by atoms with Gasteiger partial charge in [0.1, 0.15) is 7.85 Å². The quantitative estimate of drug-likeness (QED) is 0.497. The molecule has 0 aromatic rings. The van der Waals surface area contributed by atoms with Gasteiger partial charge >= 0.3 is 0 Å². The lowest BCUT2D eigenvalue weighted by Crippen LogP contribution is -2.11. The third kappa shape index (κ3) is 1.92. The van der Waals surface area contributed by atoms with Crippen molar-refractivity contribution in [3.8, 4) is 0 Å². The molecule has 0 aromatic heterocycles. The maximum atomic E-state index is 4.20. The van der Waals surface area contributed by atoms with Crippen LogP contribution in [0, 0.1) is 5.41 Å². The Morgan fingerprint density at radius 3 is 2.67 bits per heavy atom. The van der Waals surface area contributed by atoms with E-state index in [2.05, 4.69) is 33.5 Å². The molecule has 0 heterocycles. The number of allylic oxidation sites excluding steroid dienone is 5. The fourth-order valence-corrected chi connectivity index (χ4v) is 4.34. The van der Waals surface area contributed by atoms with Crippen LogP contribution in [0.3, 0.4) is 0 Å². The Morgan fingerprint density at radius 1 is 1.28 bits per heavy atom. The summed E-state index contributed by atoms with van der Waals surface area (Å²) in [6.07, 6.45) is 15.6. The summed E-state index contributed by atoms with van der Waals surface area (Å²) in [7, 11) is 2.49. The average molecular weight is 240 g/mol. The fraction of sp³-hybridized carbons (Fsp3) is 0.647. The highest BCUT2D eigenvalue weighted by molar-refractivity contribution is 6.18. The van der Waals surface area contributed by atoms with Crippen LogP contribution in [-0.2, 0) is 0 Å². The summed E-state index contributed by atoms with van der Waals surface area (Å²) < 4.78 is 0. The van der Waals surface area contributed by atoms with Crippen LogP contribution in [0.25, 0.3) is 0 Å². The van der Waals surface area contributed by atoms with Gasteiger partial charge in [0.05, 0.1) is 0 Å². The Balaban J connectivity index is 1.79. The summed E-state index contributed by atoms with van der Waals surface area (Å²) in [5.74, 6) is 0. The van der Waals surface area contributed by atoms with Crippen LogP contribution in [0.2, 0.25) is 5.31 Å². The van der Waals surface area contributed by atoms with Gasteiger partial charge in [-0.1, -0.05) is 42.4 Å². The van der Waals surface area contributed by atoms with Crippen LogP contribution >= 0.6 is 0 Å². The fourth-order valence-electron chi connectivity index (χ4n) is 4.34. The minimum absolute atomic E-state index is 0.457. The van der Waals surface area contributed by atoms with E-state index >= 15 is 0 Å². The van der Waals surface area contributed by atoms with Crippen LogP contribution in [-0.4, -0.2) is 7.85 Å². The van der Waals surface area contributed by atoms with Crippen LogP contribution in [0.15, 0.2) is 35.5 Å². The molecule has 96 valence electrons. The molecule has 0 saturated heterocycles. The molecule has 0 aromatic carbocycles. The first-order chi connectivity index (χ1) is 8.55. The van der Waals surface area contributed by atoms with E-state index in [4.69, 9.17) is 0 Å². The van der Waals surface area contributed by atoms with Crippen molar-refractivity contribution in [2.75, 3.05) is 0 Å². The van der Waals surface area contributed by atoms with Gasteiger partial charge in [-0.15, -0.1) is 0 Å². The van der Waals surface area contributed by atoms with Gasteiger partial charge in [0.2, 0.25) is 0 Å². The molecule has 1 heteroatoms. The average Bonchev–Trinajstić information content (AvgIpc) is 3.02. The van der Waals surface area contributed by atoms with Crippen molar-refractivity contribution < 1.29 is 0 Å². The van der Waals surface area contributed by atoms with E-state index in [-0.39, 0.29) is 0 Å². The van der Waals surface area contributed by atoms with Gasteiger partial charge in [0.25, 0.3) is 0 Å². The Morgan fingerprint density at radius 2 is 2.06 bits per heavy atom. The monoisotopic (exact) mass is 240 g/mol. The van der Waals surface area contributed by atoms with Gasteiger partial charge in [0, 0.05) is 0 Å². The van der Waals surface area contributed by atoms with E-state index in [0.29, 0.717) is 10.7 Å². The summed E-state index contributed by atoms with van der Waals surface area (Å²) in [5, 5.41) is 0.457. The van der Waals surface area contributed by atoms with E-state index in [1.165, 1.54) is 56.9 Å². The first-order valence-corrected chi connectivity index (χ1v) is 7.62. The summed E-state index contributed by atoms with van der Waals surface area (Å²) in [5.41, 5.74) is 5.44. The van der Waals surface area contributed by atoms with E-state index in [1.807, 2.05) is 0 Å². The minimum Gasteiger partial charge on any atom is -0.0998 e. The number of rotatable bonds is 2. The van der Waals surface area contributed by atoms with Crippen molar-refractivity contribution in [2.45, 2.75) is 63.6 Å². The summed E-state index contributed by atoms with van der Waals surface area (Å²) >= 11 is 0. The molecule has 1 saturated carbocycles. The summed E-state index contributed by atoms with van der Waals surface area (Å²) in [6.45, 7) is 6.49. The second-order valence-electron chi connectivity index (χ2n) is 7.12. The standard InChI is InChI=1S/C17H25B/c1-3-14-5-9-17(18,11-14)15-6-8-16(12-15)7-4-13(2)10-16/h5,12H,2-4,6-11,18H2,1H3/t16-,17?/m1/s1. The molecule has 0 N–H and O–H groups in total. The molecule has 0 radical (unpaired) electrons. The van der Waals surface area contributed by atoms with E-state index in [1.54, 1.807) is 11.1 Å². The maximum absolute atomic E-state index is 4.20. The van der Waals surface area contributed by atoms with Crippen molar-refractivity contribution in [1.29, 1.82) is 0 Å². The number of hydrogen-bond donors (Lipinski definition) is 0. The topological polar surface area (TPSA) is 0 Å². The molecular weight excluding hydrogens is 215 g/mol. The zero-order valence-corrected chi connectivity index (χ0v) is 12.0. The normalized spacial score (nSPS) is 39.5. The Labute approximate surface area is 113 Å². The van der Waals surface area contributed by atoms with Crippen LogP contribution < -0.4 is 0 Å². The first-order valence-electron chi connectivity index (χ1n) is 7.62. The van der Waals surface area contributed by atoms with E-state index in [0.717, 1.165) is 0 Å². The molecule has 18 heavy (non-hydrogen) atoms. The van der Waals surface area contributed by atoms with Gasteiger partial charge < -0.3 is 0 Å². The molecule has 1 unspecified atom stereocenters. The van der Waals surface area contributed by atoms with Gasteiger partial charge in [-0.3, -0.25) is 0 Å². The predicted molar refractivity (Wildman–Crippen MR) is 81.6 cm³/mol. The van der Waals surface area contributed by atoms with Gasteiger partial charge in [-0.25, -0.2) is 0 Å². The molecule has 2 atom stereocenters. The summed E-state index contributed by atoms with van der Waals surface area (Å²) in [4.78, 5) is 0. The van der Waals surface area contributed by atoms with Crippen LogP contribution in [0.5, 0.6) is 0 Å². The third-order valence-corrected chi connectivity index (χ3v) is 5.64. The predicted octanol–water partition coefficient (Wildman–Crippen LogP) is 4.36. The van der Waals surface area contributed by atoms with Gasteiger partial charge in [0.15, 0.2) is 0 Å². The highest BCUT2D eigenvalue weighted by atomic mass is 14.5. The zero-order chi connectivity index (χ0) is 12.8. The second-order valence-corrected chi connectivity index (χ2v) is 7.12. The maximum Gasteiger partial charge on any atom is 0.115 e. The Kier molecular flexibility index (Phi) is 2.84. The van der Waals surface area contributed by atoms with Crippen LogP contribution in [0.1, 0.15) is 58.3 Å². The third-order valence-electron chi connectivity index (χ3n) is 5.64. The molecular formula is C17H25B. The number of hydrogen-bond acceptors (Lipinski definition) is 0. The largest absolute Gasteiger partial charge is 0.115 e. The van der Waals surface area contributed by atoms with Crippen molar-refractivity contribution in [3.63, 3.8) is 0 Å². The van der Waals surface area contributed by atoms with Crippen molar-refractivity contribution in [3.05, 3.63) is 35.5 Å². The molecule has 0 amide bonds. The van der Waals surface area contributed by atoms with E-state index in [9.17, 15) is 0 Å². The lowest BCUT2D eigenvalue weighted by molar-refractivity contribution is 0.395. The van der Waals surface area contributed by atoms with Gasteiger partial charge in [-0.05, 0) is 62.1 Å². The van der Waals surface area contributed by atoms with Gasteiger partial charge in [-0.2, -0.15) is 0 Å². The Hall–Kier alpha value is -0.715. The molecule has 1 fully saturated rings. The molecule has 3 aliphatic rings. The lowest BCUT2D eigenvalue weighted by Gasteiger charge is -2.27. The molecule has 0 nitrogen and oxygen atoms in total. The first kappa shape index (κ1) is 12.3. The molecule has 0 bridgehead atoms. The highest BCUT2D eigenvalue weighted by Crippen LogP contribution is 2.58. The van der Waals surface area contributed by atoms with Crippen molar-refractivity contribution in [2.24, 2.45) is 5.41 Å². The smallest absolute Gasteiger partial charge is 0.0998 e. The molecule has 3 rings (SSSR count). The van der Waals surface area contributed by atoms with Crippen LogP contribution in [0.4, 0.5) is 0 Å². The van der Waals surface area contributed by atoms with Crippen molar-refractivity contribution in [1.82, 2.24) is 0 Å². The minimum atomic E-state index is 0.457. The lowest BCUT2D eigenvalue weighted by atomic mass is 9.61. The Bertz CT molecular complexity index is 443. The highest BCUT2D eigenvalue weighted by Gasteiger charge is 2.42. The molecule has 0 aliphatic heterocycles. The second kappa shape index (κ2) is 4.15.